The summed E-state index contributed by atoms with van der Waals surface area (Å²) in [6, 6.07) is 0. The van der Waals surface area contributed by atoms with Crippen molar-refractivity contribution in [3.63, 3.8) is 0 Å². The Labute approximate surface area is 107 Å². The Morgan fingerprint density at radius 2 is 1.58 bits per heavy atom. The van der Waals surface area contributed by atoms with E-state index in [2.05, 4.69) is 4.74 Å². The summed E-state index contributed by atoms with van der Waals surface area (Å²) in [4.78, 5) is 17.9. The second-order valence-corrected chi connectivity index (χ2v) is 5.98. The second kappa shape index (κ2) is 6.10. The molecular formula is C8H17O10P. The van der Waals surface area contributed by atoms with Gasteiger partial charge in [-0.25, -0.2) is 0 Å². The van der Waals surface area contributed by atoms with Gasteiger partial charge in [0, 0.05) is 0 Å². The van der Waals surface area contributed by atoms with Gasteiger partial charge in [0.15, 0.2) is 5.85 Å². The Morgan fingerprint density at radius 1 is 1.05 bits per heavy atom. The third kappa shape index (κ3) is 3.50. The molecule has 0 aliphatic carbocycles. The van der Waals surface area contributed by atoms with Crippen molar-refractivity contribution in [3.05, 3.63) is 0 Å². The molecule has 0 bridgehead atoms. The minimum atomic E-state index is -4.98. The number of aliphatic hydroxyl groups excluding tert-OH is 6. The Hall–Kier alpha value is -0.130. The van der Waals surface area contributed by atoms with Crippen LogP contribution in [0, 0.1) is 0 Å². The van der Waals surface area contributed by atoms with Gasteiger partial charge in [-0.2, -0.15) is 0 Å². The Kier molecular flexibility index (Phi) is 5.43. The van der Waals surface area contributed by atoms with Crippen molar-refractivity contribution >= 4 is 7.60 Å². The van der Waals surface area contributed by atoms with Crippen LogP contribution in [0.15, 0.2) is 0 Å². The van der Waals surface area contributed by atoms with Crippen LogP contribution in [0.25, 0.3) is 0 Å². The molecule has 10 nitrogen and oxygen atoms in total. The molecule has 0 aromatic carbocycles. The van der Waals surface area contributed by atoms with Gasteiger partial charge in [-0.15, -0.1) is 0 Å². The van der Waals surface area contributed by atoms with E-state index in [1.807, 2.05) is 0 Å². The van der Waals surface area contributed by atoms with Crippen molar-refractivity contribution in [3.8, 4) is 0 Å². The van der Waals surface area contributed by atoms with Crippen LogP contribution >= 0.6 is 7.60 Å². The van der Waals surface area contributed by atoms with Gasteiger partial charge in [0.25, 0.3) is 0 Å². The van der Waals surface area contributed by atoms with Crippen molar-refractivity contribution < 1.29 is 49.7 Å². The van der Waals surface area contributed by atoms with E-state index in [0.29, 0.717) is 0 Å². The van der Waals surface area contributed by atoms with E-state index in [0.717, 1.165) is 0 Å². The number of ether oxygens (including phenoxy) is 1. The van der Waals surface area contributed by atoms with Crippen LogP contribution in [0.5, 0.6) is 0 Å². The van der Waals surface area contributed by atoms with Gasteiger partial charge in [-0.05, 0) is 0 Å². The highest BCUT2D eigenvalue weighted by Gasteiger charge is 2.53. The lowest BCUT2D eigenvalue weighted by molar-refractivity contribution is -0.238. The molecule has 1 heterocycles. The first-order chi connectivity index (χ1) is 8.61. The highest BCUT2D eigenvalue weighted by atomic mass is 31.2. The van der Waals surface area contributed by atoms with E-state index in [1.165, 1.54) is 0 Å². The maximum atomic E-state index is 11.1. The molecule has 11 heteroatoms. The van der Waals surface area contributed by atoms with E-state index < -0.39 is 56.7 Å². The summed E-state index contributed by atoms with van der Waals surface area (Å²) in [6.45, 7) is -0.896. The molecule has 0 aromatic heterocycles. The van der Waals surface area contributed by atoms with Crippen LogP contribution in [0.2, 0.25) is 0 Å². The van der Waals surface area contributed by atoms with Crippen LogP contribution in [0.1, 0.15) is 0 Å². The lowest BCUT2D eigenvalue weighted by Crippen LogP contribution is -2.62. The van der Waals surface area contributed by atoms with Crippen molar-refractivity contribution in [1.29, 1.82) is 0 Å². The fourth-order valence-corrected chi connectivity index (χ4v) is 2.65. The number of hydrogen-bond acceptors (Lipinski definition) is 8. The molecule has 0 radical (unpaired) electrons. The molecular weight excluding hydrogens is 287 g/mol. The van der Waals surface area contributed by atoms with Gasteiger partial charge < -0.3 is 45.2 Å². The first-order valence-electron chi connectivity index (χ1n) is 5.33. The van der Waals surface area contributed by atoms with Crippen molar-refractivity contribution in [2.24, 2.45) is 0 Å². The summed E-state index contributed by atoms with van der Waals surface area (Å²) in [5, 5.41) is 55.9. The van der Waals surface area contributed by atoms with Crippen LogP contribution in [0.4, 0.5) is 0 Å². The van der Waals surface area contributed by atoms with Gasteiger partial charge in [-0.1, -0.05) is 0 Å². The predicted octanol–water partition coefficient (Wildman–Crippen LogP) is -4.31. The third-order valence-electron chi connectivity index (χ3n) is 2.87. The zero-order valence-electron chi connectivity index (χ0n) is 9.59. The molecule has 7 unspecified atom stereocenters. The molecule has 0 spiro atoms. The molecule has 7 atom stereocenters. The quantitative estimate of drug-likeness (QED) is 0.236. The first kappa shape index (κ1) is 16.9. The van der Waals surface area contributed by atoms with E-state index in [9.17, 15) is 30.1 Å². The zero-order valence-corrected chi connectivity index (χ0v) is 10.5. The summed E-state index contributed by atoms with van der Waals surface area (Å²) in [6.07, 6.45) is -11.4. The smallest absolute Gasteiger partial charge is 0.356 e. The summed E-state index contributed by atoms with van der Waals surface area (Å²) >= 11 is 0. The molecule has 1 saturated heterocycles. The van der Waals surface area contributed by atoms with Crippen molar-refractivity contribution in [2.45, 2.75) is 42.5 Å². The van der Waals surface area contributed by atoms with E-state index in [4.69, 9.17) is 14.9 Å². The first-order valence-corrected chi connectivity index (χ1v) is 7.01. The average Bonchev–Trinajstić information content (AvgIpc) is 2.33. The van der Waals surface area contributed by atoms with Gasteiger partial charge in [-0.3, -0.25) is 4.57 Å². The normalized spacial score (nSPS) is 39.9. The fraction of sp³-hybridized carbons (Fsp3) is 1.00. The van der Waals surface area contributed by atoms with Crippen molar-refractivity contribution in [1.82, 2.24) is 0 Å². The Bertz CT molecular complexity index is 340. The van der Waals surface area contributed by atoms with Gasteiger partial charge in [0.05, 0.1) is 6.61 Å². The monoisotopic (exact) mass is 304 g/mol. The third-order valence-corrected chi connectivity index (χ3v) is 3.96. The molecule has 0 amide bonds. The van der Waals surface area contributed by atoms with Crippen LogP contribution in [-0.2, 0) is 9.30 Å². The number of hydrogen-bond donors (Lipinski definition) is 8. The molecule has 1 aliphatic heterocycles. The molecule has 19 heavy (non-hydrogen) atoms. The topological polar surface area (TPSA) is 188 Å². The molecule has 8 N–H and O–H groups in total. The molecule has 1 aliphatic rings. The molecule has 114 valence electrons. The number of rotatable bonds is 4. The Balaban J connectivity index is 2.97. The largest absolute Gasteiger partial charge is 0.394 e. The standard InChI is InChI=1S/C8H17O10P/c9-1-2(10)3(11)7-5(13)4(12)6(14)8(18-7)19(15,16)17/h2-14H,1H2,(H2,15,16,17). The van der Waals surface area contributed by atoms with Gasteiger partial charge in [0.1, 0.15) is 36.6 Å². The molecule has 0 aromatic rings. The average molecular weight is 304 g/mol. The fourth-order valence-electron chi connectivity index (χ4n) is 1.77. The van der Waals surface area contributed by atoms with E-state index in [1.54, 1.807) is 0 Å². The van der Waals surface area contributed by atoms with E-state index in [-0.39, 0.29) is 0 Å². The maximum absolute atomic E-state index is 11.1. The lowest BCUT2D eigenvalue weighted by Gasteiger charge is -2.42. The lowest BCUT2D eigenvalue weighted by atomic mass is 9.94. The highest BCUT2D eigenvalue weighted by molar-refractivity contribution is 7.52. The minimum Gasteiger partial charge on any atom is -0.394 e. The van der Waals surface area contributed by atoms with Crippen molar-refractivity contribution in [2.75, 3.05) is 6.61 Å². The molecule has 1 rings (SSSR count). The maximum Gasteiger partial charge on any atom is 0.356 e. The van der Waals surface area contributed by atoms with Crippen LogP contribution in [0.3, 0.4) is 0 Å². The van der Waals surface area contributed by atoms with E-state index >= 15 is 0 Å². The predicted molar refractivity (Wildman–Crippen MR) is 57.8 cm³/mol. The highest BCUT2D eigenvalue weighted by Crippen LogP contribution is 2.47. The SMILES string of the molecule is O=P(O)(O)C1OC(C(O)C(O)CO)C(O)C(O)C1O. The zero-order chi connectivity index (χ0) is 15.0. The summed E-state index contributed by atoms with van der Waals surface area (Å²) in [5.74, 6) is -2.16. The minimum absolute atomic E-state index is 0.896. The van der Waals surface area contributed by atoms with Crippen LogP contribution in [-0.4, -0.2) is 89.5 Å². The summed E-state index contributed by atoms with van der Waals surface area (Å²) in [5.41, 5.74) is 0. The molecule has 1 fully saturated rings. The summed E-state index contributed by atoms with van der Waals surface area (Å²) < 4.78 is 15.8. The summed E-state index contributed by atoms with van der Waals surface area (Å²) in [7, 11) is -4.98. The van der Waals surface area contributed by atoms with Crippen LogP contribution < -0.4 is 0 Å². The number of aliphatic hydroxyl groups is 6. The molecule has 0 saturated carbocycles. The van der Waals surface area contributed by atoms with Gasteiger partial charge in [0.2, 0.25) is 0 Å². The van der Waals surface area contributed by atoms with Gasteiger partial charge >= 0.3 is 7.60 Å². The Morgan fingerprint density at radius 3 is 2.00 bits per heavy atom. The second-order valence-electron chi connectivity index (χ2n) is 4.29.